The Kier molecular flexibility index (Phi) is 8.75. The molecule has 0 saturated carbocycles. The summed E-state index contributed by atoms with van der Waals surface area (Å²) >= 11 is 8.70. The Labute approximate surface area is 212 Å². The predicted molar refractivity (Wildman–Crippen MR) is 138 cm³/mol. The fraction of sp³-hybridized carbons (Fsp3) is 0.154. The number of hydrogen-bond donors (Lipinski definition) is 1. The maximum atomic E-state index is 12.7. The molecule has 7 heteroatoms. The molecule has 1 amide bonds. The number of rotatable bonds is 8. The second-order valence-corrected chi connectivity index (χ2v) is 8.88. The Bertz CT molecular complexity index is 1190. The van der Waals surface area contributed by atoms with E-state index in [0.29, 0.717) is 28.7 Å². The van der Waals surface area contributed by atoms with Crippen molar-refractivity contribution in [1.29, 1.82) is 5.26 Å². The van der Waals surface area contributed by atoms with Gasteiger partial charge in [0, 0.05) is 3.57 Å². The van der Waals surface area contributed by atoms with Crippen LogP contribution < -0.4 is 14.8 Å². The number of hydrogen-bond acceptors (Lipinski definition) is 4. The van der Waals surface area contributed by atoms with Crippen LogP contribution >= 0.6 is 34.2 Å². The van der Waals surface area contributed by atoms with Crippen molar-refractivity contribution in [3.63, 3.8) is 0 Å². The summed E-state index contributed by atoms with van der Waals surface area (Å²) in [4.78, 5) is 12.7. The second kappa shape index (κ2) is 11.7. The Morgan fingerprint density at radius 3 is 2.52 bits per heavy atom. The van der Waals surface area contributed by atoms with E-state index in [4.69, 9.17) is 21.1 Å². The standard InChI is InChI=1S/C26H22ClIN2O3/c1-17(20-6-4-3-5-7-20)30-26(31)21(15-29)12-19-13-23(27)25(24(14-19)32-2)33-16-18-8-10-22(28)11-9-18/h3-14,17H,16H2,1-2H3,(H,30,31)/b21-12-/t17-/m0/s1. The molecular weight excluding hydrogens is 551 g/mol. The molecule has 0 bridgehead atoms. The van der Waals surface area contributed by atoms with Crippen molar-refractivity contribution in [2.24, 2.45) is 0 Å². The van der Waals surface area contributed by atoms with Crippen molar-refractivity contribution in [2.45, 2.75) is 19.6 Å². The molecule has 3 aromatic rings. The van der Waals surface area contributed by atoms with Crippen LogP contribution in [0.1, 0.15) is 29.7 Å². The van der Waals surface area contributed by atoms with Gasteiger partial charge in [0.1, 0.15) is 18.2 Å². The summed E-state index contributed by atoms with van der Waals surface area (Å²) in [6.07, 6.45) is 1.48. The van der Waals surface area contributed by atoms with Crippen LogP contribution in [-0.2, 0) is 11.4 Å². The number of ether oxygens (including phenoxy) is 2. The summed E-state index contributed by atoms with van der Waals surface area (Å²) in [5, 5.41) is 12.7. The molecule has 0 unspecified atom stereocenters. The summed E-state index contributed by atoms with van der Waals surface area (Å²) in [6, 6.07) is 22.5. The third kappa shape index (κ3) is 6.73. The number of halogens is 2. The largest absolute Gasteiger partial charge is 0.493 e. The molecule has 168 valence electrons. The van der Waals surface area contributed by atoms with Gasteiger partial charge in [-0.3, -0.25) is 4.79 Å². The number of nitrogens with one attached hydrogen (secondary N) is 1. The van der Waals surface area contributed by atoms with E-state index in [1.807, 2.05) is 67.6 Å². The van der Waals surface area contributed by atoms with Gasteiger partial charge >= 0.3 is 0 Å². The van der Waals surface area contributed by atoms with E-state index in [1.165, 1.54) is 13.2 Å². The first-order chi connectivity index (χ1) is 15.9. The predicted octanol–water partition coefficient (Wildman–Crippen LogP) is 6.32. The van der Waals surface area contributed by atoms with Gasteiger partial charge in [0.05, 0.1) is 18.2 Å². The third-order valence-electron chi connectivity index (χ3n) is 4.87. The zero-order valence-corrected chi connectivity index (χ0v) is 21.1. The lowest BCUT2D eigenvalue weighted by atomic mass is 10.1. The van der Waals surface area contributed by atoms with Crippen LogP contribution in [-0.4, -0.2) is 13.0 Å². The Morgan fingerprint density at radius 2 is 1.88 bits per heavy atom. The number of nitriles is 1. The van der Waals surface area contributed by atoms with E-state index in [9.17, 15) is 10.1 Å². The number of methoxy groups -OCH3 is 1. The van der Waals surface area contributed by atoms with E-state index in [0.717, 1.165) is 14.7 Å². The molecule has 0 spiro atoms. The van der Waals surface area contributed by atoms with Gasteiger partial charge in [0.15, 0.2) is 11.5 Å². The fourth-order valence-electron chi connectivity index (χ4n) is 3.11. The molecule has 0 fully saturated rings. The van der Waals surface area contributed by atoms with Gasteiger partial charge in [-0.1, -0.05) is 54.1 Å². The molecule has 1 atom stereocenters. The highest BCUT2D eigenvalue weighted by Crippen LogP contribution is 2.37. The molecule has 0 radical (unpaired) electrons. The Balaban J connectivity index is 1.78. The highest BCUT2D eigenvalue weighted by atomic mass is 127. The van der Waals surface area contributed by atoms with E-state index >= 15 is 0 Å². The van der Waals surface area contributed by atoms with Crippen molar-refractivity contribution < 1.29 is 14.3 Å². The summed E-state index contributed by atoms with van der Waals surface area (Å²) in [6.45, 7) is 2.19. The monoisotopic (exact) mass is 572 g/mol. The van der Waals surface area contributed by atoms with Gasteiger partial charge in [-0.2, -0.15) is 5.26 Å². The smallest absolute Gasteiger partial charge is 0.262 e. The van der Waals surface area contributed by atoms with Gasteiger partial charge in [-0.05, 0) is 76.5 Å². The lowest BCUT2D eigenvalue weighted by molar-refractivity contribution is -0.117. The summed E-state index contributed by atoms with van der Waals surface area (Å²) in [5.41, 5.74) is 2.46. The molecule has 1 N–H and O–H groups in total. The molecule has 0 aliphatic rings. The van der Waals surface area contributed by atoms with E-state index in [1.54, 1.807) is 12.1 Å². The van der Waals surface area contributed by atoms with Gasteiger partial charge in [0.2, 0.25) is 0 Å². The first-order valence-electron chi connectivity index (χ1n) is 10.1. The normalized spacial score (nSPS) is 11.9. The van der Waals surface area contributed by atoms with Crippen LogP contribution in [0, 0.1) is 14.9 Å². The zero-order chi connectivity index (χ0) is 23.8. The Hall–Kier alpha value is -3.02. The number of nitrogens with zero attached hydrogens (tertiary/aromatic N) is 1. The van der Waals surface area contributed by atoms with Crippen LogP contribution in [0.25, 0.3) is 6.08 Å². The van der Waals surface area contributed by atoms with E-state index in [-0.39, 0.29) is 11.6 Å². The molecule has 0 heterocycles. The first kappa shape index (κ1) is 24.6. The molecule has 0 saturated heterocycles. The molecule has 0 aromatic heterocycles. The summed E-state index contributed by atoms with van der Waals surface area (Å²) < 4.78 is 12.5. The van der Waals surface area contributed by atoms with Gasteiger partial charge in [-0.25, -0.2) is 0 Å². The molecule has 0 aliphatic heterocycles. The van der Waals surface area contributed by atoms with Gasteiger partial charge < -0.3 is 14.8 Å². The molecule has 33 heavy (non-hydrogen) atoms. The van der Waals surface area contributed by atoms with E-state index < -0.39 is 5.91 Å². The Morgan fingerprint density at radius 1 is 1.18 bits per heavy atom. The quantitative estimate of drug-likeness (QED) is 0.195. The van der Waals surface area contributed by atoms with Crippen LogP contribution in [0.2, 0.25) is 5.02 Å². The average Bonchev–Trinajstić information content (AvgIpc) is 2.83. The van der Waals surface area contributed by atoms with Crippen molar-refractivity contribution in [3.8, 4) is 17.6 Å². The van der Waals surface area contributed by atoms with Crippen LogP contribution in [0.5, 0.6) is 11.5 Å². The molecule has 0 aliphatic carbocycles. The maximum Gasteiger partial charge on any atom is 0.262 e. The highest BCUT2D eigenvalue weighted by Gasteiger charge is 2.16. The SMILES string of the molecule is COc1cc(/C=C(/C#N)C(=O)N[C@@H](C)c2ccccc2)cc(Cl)c1OCc1ccc(I)cc1. The average molecular weight is 573 g/mol. The van der Waals surface area contributed by atoms with Gasteiger partial charge in [0.25, 0.3) is 5.91 Å². The van der Waals surface area contributed by atoms with Crippen molar-refractivity contribution >= 4 is 46.2 Å². The molecule has 3 aromatic carbocycles. The molecule has 5 nitrogen and oxygen atoms in total. The highest BCUT2D eigenvalue weighted by molar-refractivity contribution is 14.1. The lowest BCUT2D eigenvalue weighted by Gasteiger charge is -2.15. The minimum atomic E-state index is -0.469. The molecular formula is C26H22ClIN2O3. The number of amides is 1. The third-order valence-corrected chi connectivity index (χ3v) is 5.87. The summed E-state index contributed by atoms with van der Waals surface area (Å²) in [7, 11) is 1.51. The van der Waals surface area contributed by atoms with Crippen LogP contribution in [0.4, 0.5) is 0 Å². The number of carbonyl (C=O) groups is 1. The van der Waals surface area contributed by atoms with Crippen molar-refractivity contribution in [1.82, 2.24) is 5.32 Å². The fourth-order valence-corrected chi connectivity index (χ4v) is 3.75. The number of benzene rings is 3. The van der Waals surface area contributed by atoms with Crippen molar-refractivity contribution in [3.05, 3.63) is 97.6 Å². The van der Waals surface area contributed by atoms with Crippen LogP contribution in [0.3, 0.4) is 0 Å². The summed E-state index contributed by atoms with van der Waals surface area (Å²) in [5.74, 6) is 0.341. The van der Waals surface area contributed by atoms with E-state index in [2.05, 4.69) is 27.9 Å². The zero-order valence-electron chi connectivity index (χ0n) is 18.1. The second-order valence-electron chi connectivity index (χ2n) is 7.22. The topological polar surface area (TPSA) is 71.3 Å². The molecule has 3 rings (SSSR count). The minimum absolute atomic E-state index is 0.0385. The first-order valence-corrected chi connectivity index (χ1v) is 11.6. The minimum Gasteiger partial charge on any atom is -0.493 e. The number of carbonyl (C=O) groups excluding carboxylic acids is 1. The van der Waals surface area contributed by atoms with Gasteiger partial charge in [-0.15, -0.1) is 0 Å². The van der Waals surface area contributed by atoms with Crippen LogP contribution in [0.15, 0.2) is 72.3 Å². The lowest BCUT2D eigenvalue weighted by Crippen LogP contribution is -2.27. The maximum absolute atomic E-state index is 12.7. The van der Waals surface area contributed by atoms with Crippen molar-refractivity contribution in [2.75, 3.05) is 7.11 Å².